The SMILES string of the molecule is C[C@@]1(Cc2ccc(Cl)nc2)CCN=C1NC#N. The predicted molar refractivity (Wildman–Crippen MR) is 66.7 cm³/mol. The zero-order chi connectivity index (χ0) is 12.3. The van der Waals surface area contributed by atoms with E-state index in [2.05, 4.69) is 22.2 Å². The second-order valence-corrected chi connectivity index (χ2v) is 4.83. The first-order chi connectivity index (χ1) is 8.14. The number of rotatable bonds is 2. The van der Waals surface area contributed by atoms with Crippen LogP contribution in [0.25, 0.3) is 0 Å². The fourth-order valence-electron chi connectivity index (χ4n) is 2.10. The minimum Gasteiger partial charge on any atom is -0.280 e. The van der Waals surface area contributed by atoms with E-state index < -0.39 is 0 Å². The maximum absolute atomic E-state index is 8.69. The van der Waals surface area contributed by atoms with Gasteiger partial charge in [-0.15, -0.1) is 0 Å². The fourth-order valence-corrected chi connectivity index (χ4v) is 2.21. The van der Waals surface area contributed by atoms with Gasteiger partial charge in [0.15, 0.2) is 6.19 Å². The smallest absolute Gasteiger partial charge is 0.182 e. The summed E-state index contributed by atoms with van der Waals surface area (Å²) in [5, 5.41) is 11.9. The van der Waals surface area contributed by atoms with Crippen LogP contribution in [-0.4, -0.2) is 17.4 Å². The summed E-state index contributed by atoms with van der Waals surface area (Å²) in [6.07, 6.45) is 5.47. The number of aromatic nitrogens is 1. The van der Waals surface area contributed by atoms with Crippen LogP contribution in [0.15, 0.2) is 23.3 Å². The lowest BCUT2D eigenvalue weighted by atomic mass is 9.81. The number of pyridine rings is 1. The van der Waals surface area contributed by atoms with Crippen LogP contribution in [0.5, 0.6) is 0 Å². The molecular weight excluding hydrogens is 236 g/mol. The Bertz CT molecular complexity index is 474. The summed E-state index contributed by atoms with van der Waals surface area (Å²) in [7, 11) is 0. The van der Waals surface area contributed by atoms with Crippen molar-refractivity contribution in [2.75, 3.05) is 6.54 Å². The number of nitrogens with one attached hydrogen (secondary N) is 1. The van der Waals surface area contributed by atoms with Gasteiger partial charge in [-0.3, -0.25) is 10.3 Å². The molecule has 1 aliphatic rings. The van der Waals surface area contributed by atoms with E-state index in [1.807, 2.05) is 12.3 Å². The van der Waals surface area contributed by atoms with E-state index in [0.29, 0.717) is 5.15 Å². The van der Waals surface area contributed by atoms with E-state index >= 15 is 0 Å². The van der Waals surface area contributed by atoms with Crippen LogP contribution in [0.3, 0.4) is 0 Å². The second kappa shape index (κ2) is 4.72. The molecule has 0 aromatic carbocycles. The van der Waals surface area contributed by atoms with Crippen molar-refractivity contribution in [3.8, 4) is 6.19 Å². The van der Waals surface area contributed by atoms with E-state index in [0.717, 1.165) is 30.8 Å². The first kappa shape index (κ1) is 11.9. The standard InChI is InChI=1S/C12H13ClN4/c1-12(4-5-15-11(12)17-8-14)6-9-2-3-10(13)16-7-9/h2-3,7H,4-6H2,1H3,(H,15,17)/t12-/m0/s1. The number of halogens is 1. The minimum absolute atomic E-state index is 0.106. The zero-order valence-electron chi connectivity index (χ0n) is 9.57. The molecule has 0 unspecified atom stereocenters. The van der Waals surface area contributed by atoms with Gasteiger partial charge in [0.25, 0.3) is 0 Å². The lowest BCUT2D eigenvalue weighted by Crippen LogP contribution is -2.35. The molecule has 2 heterocycles. The molecule has 88 valence electrons. The molecule has 5 heteroatoms. The van der Waals surface area contributed by atoms with Crippen LogP contribution in [0.4, 0.5) is 0 Å². The molecule has 17 heavy (non-hydrogen) atoms. The van der Waals surface area contributed by atoms with Gasteiger partial charge in [0, 0.05) is 18.2 Å². The highest BCUT2D eigenvalue weighted by Crippen LogP contribution is 2.32. The van der Waals surface area contributed by atoms with Crippen LogP contribution in [0, 0.1) is 16.9 Å². The summed E-state index contributed by atoms with van der Waals surface area (Å²) in [5.41, 5.74) is 0.997. The Morgan fingerprint density at radius 3 is 3.06 bits per heavy atom. The molecule has 1 aliphatic heterocycles. The van der Waals surface area contributed by atoms with Gasteiger partial charge in [-0.1, -0.05) is 24.6 Å². The Hall–Kier alpha value is -1.60. The van der Waals surface area contributed by atoms with Crippen molar-refractivity contribution in [1.82, 2.24) is 10.3 Å². The van der Waals surface area contributed by atoms with Crippen molar-refractivity contribution in [2.24, 2.45) is 10.4 Å². The Morgan fingerprint density at radius 2 is 2.41 bits per heavy atom. The highest BCUT2D eigenvalue weighted by Gasteiger charge is 2.34. The third-order valence-electron chi connectivity index (χ3n) is 3.06. The molecule has 1 aromatic heterocycles. The molecule has 4 nitrogen and oxygen atoms in total. The lowest BCUT2D eigenvalue weighted by molar-refractivity contribution is 0.453. The number of hydrogen-bond acceptors (Lipinski definition) is 4. The zero-order valence-corrected chi connectivity index (χ0v) is 10.3. The largest absolute Gasteiger partial charge is 0.280 e. The van der Waals surface area contributed by atoms with Gasteiger partial charge in [-0.2, -0.15) is 5.26 Å². The van der Waals surface area contributed by atoms with Crippen LogP contribution in [0.2, 0.25) is 5.15 Å². The topological polar surface area (TPSA) is 61.1 Å². The highest BCUT2D eigenvalue weighted by molar-refractivity contribution is 6.29. The average Bonchev–Trinajstić information content (AvgIpc) is 2.65. The number of hydrogen-bond donors (Lipinski definition) is 1. The molecular formula is C12H13ClN4. The number of nitriles is 1. The molecule has 0 saturated heterocycles. The summed E-state index contributed by atoms with van der Waals surface area (Å²) >= 11 is 5.75. The molecule has 2 rings (SSSR count). The van der Waals surface area contributed by atoms with E-state index in [4.69, 9.17) is 16.9 Å². The Labute approximate surface area is 105 Å². The normalized spacial score (nSPS) is 23.0. The molecule has 0 radical (unpaired) electrons. The van der Waals surface area contributed by atoms with Crippen molar-refractivity contribution in [1.29, 1.82) is 5.26 Å². The third kappa shape index (κ3) is 2.56. The Kier molecular flexibility index (Phi) is 3.30. The third-order valence-corrected chi connectivity index (χ3v) is 3.29. The van der Waals surface area contributed by atoms with E-state index in [1.165, 1.54) is 0 Å². The summed E-state index contributed by atoms with van der Waals surface area (Å²) in [4.78, 5) is 8.39. The van der Waals surface area contributed by atoms with E-state index in [-0.39, 0.29) is 5.41 Å². The van der Waals surface area contributed by atoms with Gasteiger partial charge in [0.1, 0.15) is 11.0 Å². The number of nitrogens with zero attached hydrogens (tertiary/aromatic N) is 3. The molecule has 1 atom stereocenters. The lowest BCUT2D eigenvalue weighted by Gasteiger charge is -2.24. The van der Waals surface area contributed by atoms with Gasteiger partial charge < -0.3 is 0 Å². The predicted octanol–water partition coefficient (Wildman–Crippen LogP) is 2.16. The fraction of sp³-hybridized carbons (Fsp3) is 0.417. The summed E-state index contributed by atoms with van der Waals surface area (Å²) in [6.45, 7) is 2.87. The maximum atomic E-state index is 8.69. The average molecular weight is 249 g/mol. The molecule has 1 aromatic rings. The van der Waals surface area contributed by atoms with Crippen molar-refractivity contribution >= 4 is 17.4 Å². The van der Waals surface area contributed by atoms with Crippen molar-refractivity contribution in [3.05, 3.63) is 29.0 Å². The number of amidine groups is 1. The van der Waals surface area contributed by atoms with Gasteiger partial charge in [0.2, 0.25) is 0 Å². The van der Waals surface area contributed by atoms with Crippen LogP contribution >= 0.6 is 11.6 Å². The van der Waals surface area contributed by atoms with Crippen molar-refractivity contribution in [3.63, 3.8) is 0 Å². The molecule has 0 saturated carbocycles. The van der Waals surface area contributed by atoms with Crippen LogP contribution in [-0.2, 0) is 6.42 Å². The molecule has 1 N–H and O–H groups in total. The summed E-state index contributed by atoms with van der Waals surface area (Å²) in [5.74, 6) is 0.773. The highest BCUT2D eigenvalue weighted by atomic mass is 35.5. The quantitative estimate of drug-likeness (QED) is 0.496. The first-order valence-electron chi connectivity index (χ1n) is 5.44. The van der Waals surface area contributed by atoms with Crippen LogP contribution < -0.4 is 5.32 Å². The molecule has 0 aliphatic carbocycles. The van der Waals surface area contributed by atoms with Crippen LogP contribution in [0.1, 0.15) is 18.9 Å². The number of aliphatic imine (C=N–C) groups is 1. The minimum atomic E-state index is -0.106. The van der Waals surface area contributed by atoms with Gasteiger partial charge in [0.05, 0.1) is 0 Å². The van der Waals surface area contributed by atoms with Crippen molar-refractivity contribution in [2.45, 2.75) is 19.8 Å². The Balaban J connectivity index is 2.15. The monoisotopic (exact) mass is 248 g/mol. The first-order valence-corrected chi connectivity index (χ1v) is 5.82. The molecule has 0 spiro atoms. The molecule has 0 bridgehead atoms. The molecule has 0 fully saturated rings. The van der Waals surface area contributed by atoms with Gasteiger partial charge in [-0.25, -0.2) is 4.98 Å². The van der Waals surface area contributed by atoms with Gasteiger partial charge >= 0.3 is 0 Å². The summed E-state index contributed by atoms with van der Waals surface area (Å²) < 4.78 is 0. The van der Waals surface area contributed by atoms with Gasteiger partial charge in [-0.05, 0) is 24.5 Å². The van der Waals surface area contributed by atoms with Crippen molar-refractivity contribution < 1.29 is 0 Å². The van der Waals surface area contributed by atoms with E-state index in [9.17, 15) is 0 Å². The van der Waals surface area contributed by atoms with E-state index in [1.54, 1.807) is 12.3 Å². The maximum Gasteiger partial charge on any atom is 0.182 e. The molecule has 0 amide bonds. The Morgan fingerprint density at radius 1 is 1.59 bits per heavy atom. The second-order valence-electron chi connectivity index (χ2n) is 4.44. The summed E-state index contributed by atoms with van der Waals surface area (Å²) in [6, 6.07) is 3.74.